The lowest BCUT2D eigenvalue weighted by Gasteiger charge is -2.03. The maximum absolute atomic E-state index is 5.98. The number of hydrogen-bond acceptors (Lipinski definition) is 1. The Morgan fingerprint density at radius 2 is 1.90 bits per heavy atom. The smallest absolute Gasteiger partial charge is 0.144 e. The second kappa shape index (κ2) is 5.82. The molecule has 4 heteroatoms. The van der Waals surface area contributed by atoms with E-state index in [1.54, 1.807) is 0 Å². The van der Waals surface area contributed by atoms with Crippen molar-refractivity contribution in [1.82, 2.24) is 9.38 Å². The summed E-state index contributed by atoms with van der Waals surface area (Å²) in [4.78, 5) is 4.87. The Morgan fingerprint density at radius 1 is 1.19 bits per heavy atom. The minimum atomic E-state index is 0.570. The van der Waals surface area contributed by atoms with Gasteiger partial charge < -0.3 is 0 Å². The summed E-state index contributed by atoms with van der Waals surface area (Å²) in [6.07, 6.45) is 3.02. The molecule has 3 rings (SSSR count). The lowest BCUT2D eigenvalue weighted by Crippen LogP contribution is -1.95. The van der Waals surface area contributed by atoms with Crippen molar-refractivity contribution in [2.45, 2.75) is 20.3 Å². The van der Waals surface area contributed by atoms with Gasteiger partial charge in [0, 0.05) is 21.3 Å². The molecule has 0 fully saturated rings. The van der Waals surface area contributed by atoms with Crippen LogP contribution >= 0.6 is 27.5 Å². The van der Waals surface area contributed by atoms with Gasteiger partial charge in [-0.25, -0.2) is 4.98 Å². The fraction of sp³-hybridized carbons (Fsp3) is 0.235. The number of fused-ring (bicyclic) bond motifs is 1. The summed E-state index contributed by atoms with van der Waals surface area (Å²) in [5.41, 5.74) is 3.37. The summed E-state index contributed by atoms with van der Waals surface area (Å²) in [6.45, 7) is 4.43. The predicted octanol–water partition coefficient (Wildman–Crippen LogP) is 5.62. The molecule has 0 N–H and O–H groups in total. The molecule has 0 aliphatic carbocycles. The average Bonchev–Trinajstić information content (AvgIpc) is 2.77. The SMILES string of the molecule is CC(C)Cc1nc(-c2ccc(Cl)cc2)n2ccc(Br)cc12. The standard InChI is InChI=1S/C17H16BrClN2/c1-11(2)9-15-16-10-13(18)7-8-21(16)17(20-15)12-3-5-14(19)6-4-12/h3-8,10-11H,9H2,1-2H3. The number of imidazole rings is 1. The van der Waals surface area contributed by atoms with Gasteiger partial charge >= 0.3 is 0 Å². The molecule has 0 aliphatic heterocycles. The summed E-state index contributed by atoms with van der Waals surface area (Å²) >= 11 is 9.53. The van der Waals surface area contributed by atoms with Crippen molar-refractivity contribution in [1.29, 1.82) is 0 Å². The van der Waals surface area contributed by atoms with E-state index in [4.69, 9.17) is 16.6 Å². The zero-order valence-corrected chi connectivity index (χ0v) is 14.3. The molecule has 0 radical (unpaired) electrons. The topological polar surface area (TPSA) is 17.3 Å². The number of aromatic nitrogens is 2. The van der Waals surface area contributed by atoms with E-state index in [0.717, 1.165) is 38.5 Å². The molecule has 2 nitrogen and oxygen atoms in total. The molecule has 0 atom stereocenters. The van der Waals surface area contributed by atoms with Gasteiger partial charge in [0.1, 0.15) is 5.82 Å². The molecule has 0 bridgehead atoms. The van der Waals surface area contributed by atoms with E-state index in [9.17, 15) is 0 Å². The maximum atomic E-state index is 5.98. The number of benzene rings is 1. The summed E-state index contributed by atoms with van der Waals surface area (Å²) < 4.78 is 3.22. The zero-order valence-electron chi connectivity index (χ0n) is 12.0. The van der Waals surface area contributed by atoms with Crippen LogP contribution in [-0.2, 0) is 6.42 Å². The van der Waals surface area contributed by atoms with Crippen LogP contribution in [0.5, 0.6) is 0 Å². The van der Waals surface area contributed by atoms with Gasteiger partial charge in [-0.1, -0.05) is 41.4 Å². The molecule has 21 heavy (non-hydrogen) atoms. The molecule has 2 heterocycles. The summed E-state index contributed by atoms with van der Waals surface area (Å²) in [7, 11) is 0. The van der Waals surface area contributed by atoms with Crippen LogP contribution in [0.1, 0.15) is 19.5 Å². The molecule has 0 unspecified atom stereocenters. The maximum Gasteiger partial charge on any atom is 0.144 e. The first-order valence-electron chi connectivity index (χ1n) is 6.97. The Morgan fingerprint density at radius 3 is 2.57 bits per heavy atom. The first-order chi connectivity index (χ1) is 10.0. The molecule has 3 aromatic rings. The Hall–Kier alpha value is -1.32. The lowest BCUT2D eigenvalue weighted by atomic mass is 10.1. The first kappa shape index (κ1) is 14.6. The molecule has 1 aromatic carbocycles. The summed E-state index contributed by atoms with van der Waals surface area (Å²) in [6, 6.07) is 12.0. The monoisotopic (exact) mass is 362 g/mol. The molecular weight excluding hydrogens is 348 g/mol. The van der Waals surface area contributed by atoms with Gasteiger partial charge in [-0.05, 0) is 48.7 Å². The predicted molar refractivity (Wildman–Crippen MR) is 91.9 cm³/mol. The highest BCUT2D eigenvalue weighted by atomic mass is 79.9. The van der Waals surface area contributed by atoms with Crippen LogP contribution in [-0.4, -0.2) is 9.38 Å². The van der Waals surface area contributed by atoms with E-state index in [1.807, 2.05) is 30.3 Å². The quantitative estimate of drug-likeness (QED) is 0.590. The number of pyridine rings is 1. The molecule has 0 saturated heterocycles. The minimum Gasteiger partial charge on any atom is -0.299 e. The Labute approximate surface area is 137 Å². The van der Waals surface area contributed by atoms with Crippen LogP contribution in [0.15, 0.2) is 47.1 Å². The van der Waals surface area contributed by atoms with Gasteiger partial charge in [0.25, 0.3) is 0 Å². The van der Waals surface area contributed by atoms with Crippen LogP contribution in [0, 0.1) is 5.92 Å². The zero-order chi connectivity index (χ0) is 15.0. The molecule has 0 amide bonds. The van der Waals surface area contributed by atoms with Gasteiger partial charge in [-0.2, -0.15) is 0 Å². The molecular formula is C17H16BrClN2. The fourth-order valence-electron chi connectivity index (χ4n) is 2.46. The fourth-order valence-corrected chi connectivity index (χ4v) is 2.92. The van der Waals surface area contributed by atoms with Crippen molar-refractivity contribution in [2.24, 2.45) is 5.92 Å². The van der Waals surface area contributed by atoms with Gasteiger partial charge in [-0.3, -0.25) is 4.40 Å². The Bertz CT molecular complexity index is 775. The highest BCUT2D eigenvalue weighted by Crippen LogP contribution is 2.27. The lowest BCUT2D eigenvalue weighted by molar-refractivity contribution is 0.640. The molecule has 0 saturated carbocycles. The average molecular weight is 364 g/mol. The van der Waals surface area contributed by atoms with E-state index >= 15 is 0 Å². The minimum absolute atomic E-state index is 0.570. The van der Waals surface area contributed by atoms with Crippen molar-refractivity contribution in [3.63, 3.8) is 0 Å². The highest BCUT2D eigenvalue weighted by Gasteiger charge is 2.14. The van der Waals surface area contributed by atoms with Crippen molar-refractivity contribution in [3.05, 3.63) is 57.8 Å². The van der Waals surface area contributed by atoms with Crippen molar-refractivity contribution >= 4 is 33.0 Å². The number of halogens is 2. The summed E-state index contributed by atoms with van der Waals surface area (Å²) in [5.74, 6) is 1.53. The largest absolute Gasteiger partial charge is 0.299 e. The van der Waals surface area contributed by atoms with E-state index in [2.05, 4.69) is 46.4 Å². The second-order valence-corrected chi connectivity index (χ2v) is 6.94. The van der Waals surface area contributed by atoms with Crippen LogP contribution in [0.3, 0.4) is 0 Å². The first-order valence-corrected chi connectivity index (χ1v) is 8.14. The third kappa shape index (κ3) is 2.99. The third-order valence-corrected chi connectivity index (χ3v) is 4.13. The molecule has 0 spiro atoms. The third-order valence-electron chi connectivity index (χ3n) is 3.39. The van der Waals surface area contributed by atoms with Crippen molar-refractivity contribution in [3.8, 4) is 11.4 Å². The summed E-state index contributed by atoms with van der Waals surface area (Å²) in [5, 5.41) is 0.741. The van der Waals surface area contributed by atoms with Crippen molar-refractivity contribution < 1.29 is 0 Å². The van der Waals surface area contributed by atoms with Crippen molar-refractivity contribution in [2.75, 3.05) is 0 Å². The highest BCUT2D eigenvalue weighted by molar-refractivity contribution is 9.10. The van der Waals surface area contributed by atoms with Crippen LogP contribution < -0.4 is 0 Å². The van der Waals surface area contributed by atoms with E-state index in [-0.39, 0.29) is 0 Å². The van der Waals surface area contributed by atoms with Gasteiger partial charge in [0.05, 0.1) is 11.2 Å². The number of rotatable bonds is 3. The molecule has 2 aromatic heterocycles. The number of hydrogen-bond donors (Lipinski definition) is 0. The van der Waals surface area contributed by atoms with E-state index < -0.39 is 0 Å². The molecule has 108 valence electrons. The van der Waals surface area contributed by atoms with Crippen LogP contribution in [0.4, 0.5) is 0 Å². The molecule has 0 aliphatic rings. The van der Waals surface area contributed by atoms with E-state index in [0.29, 0.717) is 5.92 Å². The van der Waals surface area contributed by atoms with E-state index in [1.165, 1.54) is 0 Å². The second-order valence-electron chi connectivity index (χ2n) is 5.59. The van der Waals surface area contributed by atoms with Gasteiger partial charge in [-0.15, -0.1) is 0 Å². The Kier molecular flexibility index (Phi) is 4.05. The normalized spacial score (nSPS) is 11.5. The van der Waals surface area contributed by atoms with Gasteiger partial charge in [0.2, 0.25) is 0 Å². The van der Waals surface area contributed by atoms with Gasteiger partial charge in [0.15, 0.2) is 0 Å². The Balaban J connectivity index is 2.20. The number of nitrogens with zero attached hydrogens (tertiary/aromatic N) is 2. The van der Waals surface area contributed by atoms with Crippen LogP contribution in [0.25, 0.3) is 16.9 Å². The van der Waals surface area contributed by atoms with Crippen LogP contribution in [0.2, 0.25) is 5.02 Å².